The summed E-state index contributed by atoms with van der Waals surface area (Å²) in [5.41, 5.74) is 5.52. The van der Waals surface area contributed by atoms with Crippen LogP contribution in [-0.2, 0) is 19.1 Å². The Labute approximate surface area is 260 Å². The number of aryl methyl sites for hydroxylation is 4. The number of aliphatic hydroxyl groups excluding tert-OH is 2. The number of rotatable bonds is 4. The van der Waals surface area contributed by atoms with E-state index in [0.717, 1.165) is 84.7 Å². The average Bonchev–Trinajstić information content (AvgIpc) is 3.39. The highest BCUT2D eigenvalue weighted by atomic mass is 16.5. The van der Waals surface area contributed by atoms with Gasteiger partial charge in [0.1, 0.15) is 11.5 Å². The first-order valence-electron chi connectivity index (χ1n) is 15.7. The number of benzene rings is 2. The zero-order chi connectivity index (χ0) is 31.8. The first-order valence-corrected chi connectivity index (χ1v) is 15.7. The minimum atomic E-state index is -0.600. The van der Waals surface area contributed by atoms with Crippen molar-refractivity contribution >= 4 is 23.0 Å². The Morgan fingerprint density at radius 3 is 1.30 bits per heavy atom. The van der Waals surface area contributed by atoms with Crippen molar-refractivity contribution in [2.45, 2.75) is 102 Å². The van der Waals surface area contributed by atoms with E-state index >= 15 is 0 Å². The van der Waals surface area contributed by atoms with Crippen molar-refractivity contribution in [3.63, 3.8) is 0 Å². The first-order chi connectivity index (χ1) is 20.9. The van der Waals surface area contributed by atoms with Gasteiger partial charge in [-0.3, -0.25) is 9.59 Å². The van der Waals surface area contributed by atoms with Gasteiger partial charge in [0.15, 0.2) is 0 Å². The van der Waals surface area contributed by atoms with Gasteiger partial charge in [-0.05, 0) is 101 Å². The summed E-state index contributed by atoms with van der Waals surface area (Å²) >= 11 is 0. The number of hydrogen-bond donors (Lipinski definition) is 4. The van der Waals surface area contributed by atoms with Crippen LogP contribution in [0.5, 0.6) is 0 Å². The van der Waals surface area contributed by atoms with Crippen molar-refractivity contribution in [1.29, 1.82) is 0 Å². The van der Waals surface area contributed by atoms with E-state index < -0.39 is 11.1 Å². The maximum absolute atomic E-state index is 12.5. The molecule has 0 bridgehead atoms. The van der Waals surface area contributed by atoms with E-state index in [1.54, 1.807) is 14.2 Å². The third-order valence-corrected chi connectivity index (χ3v) is 10.1. The molecule has 2 aromatic rings. The number of carbonyl (C=O) groups is 2. The van der Waals surface area contributed by atoms with Crippen molar-refractivity contribution in [2.75, 3.05) is 14.2 Å². The fraction of sp³-hybridized carbons (Fsp3) is 0.500. The Hall–Kier alpha value is -3.62. The highest BCUT2D eigenvalue weighted by Crippen LogP contribution is 2.43. The van der Waals surface area contributed by atoms with Gasteiger partial charge in [-0.2, -0.15) is 0 Å². The third-order valence-electron chi connectivity index (χ3n) is 10.1. The lowest BCUT2D eigenvalue weighted by Gasteiger charge is -2.36. The van der Waals surface area contributed by atoms with Crippen molar-refractivity contribution in [1.82, 2.24) is 10.6 Å². The molecule has 2 aromatic carbocycles. The maximum atomic E-state index is 12.5. The van der Waals surface area contributed by atoms with Gasteiger partial charge in [-0.15, -0.1) is 0 Å². The van der Waals surface area contributed by atoms with E-state index in [4.69, 9.17) is 9.47 Å². The van der Waals surface area contributed by atoms with Gasteiger partial charge >= 0.3 is 0 Å². The van der Waals surface area contributed by atoms with Crippen molar-refractivity contribution in [2.24, 2.45) is 0 Å². The molecule has 2 amide bonds. The summed E-state index contributed by atoms with van der Waals surface area (Å²) in [5, 5.41) is 27.7. The number of methoxy groups -OCH3 is 2. The second-order valence-corrected chi connectivity index (χ2v) is 13.0. The van der Waals surface area contributed by atoms with Gasteiger partial charge in [-0.1, -0.05) is 47.5 Å². The number of amides is 2. The van der Waals surface area contributed by atoms with Crippen LogP contribution in [0.3, 0.4) is 0 Å². The molecule has 8 nitrogen and oxygen atoms in total. The lowest BCUT2D eigenvalue weighted by atomic mass is 9.79. The zero-order valence-corrected chi connectivity index (χ0v) is 26.8. The van der Waals surface area contributed by atoms with E-state index in [0.29, 0.717) is 11.1 Å². The first kappa shape index (κ1) is 31.8. The van der Waals surface area contributed by atoms with Gasteiger partial charge in [0, 0.05) is 14.2 Å². The molecule has 2 fully saturated rings. The van der Waals surface area contributed by atoms with Crippen molar-refractivity contribution < 1.29 is 29.3 Å². The molecule has 0 radical (unpaired) electrons. The standard InChI is InChI=1S/2C18H23NO3/c2*1-11-4-5-12(2)14(10-11)15-16(20)18(19-17(15)21)8-6-13(22-3)7-9-18/h2*4-5,10,13,20H,6-9H2,1-3H3,(H,19,21). The molecule has 6 rings (SSSR count). The molecule has 0 aromatic heterocycles. The van der Waals surface area contributed by atoms with Crippen LogP contribution in [0, 0.1) is 27.7 Å². The van der Waals surface area contributed by atoms with Crippen LogP contribution in [0.15, 0.2) is 47.9 Å². The normalized spacial score (nSPS) is 28.3. The molecule has 44 heavy (non-hydrogen) atoms. The zero-order valence-electron chi connectivity index (χ0n) is 26.8. The fourth-order valence-corrected chi connectivity index (χ4v) is 7.25. The minimum Gasteiger partial charge on any atom is -0.509 e. The van der Waals surface area contributed by atoms with E-state index in [1.165, 1.54) is 0 Å². The monoisotopic (exact) mass is 602 g/mol. The summed E-state index contributed by atoms with van der Waals surface area (Å²) in [5.74, 6) is 0.0886. The summed E-state index contributed by atoms with van der Waals surface area (Å²) in [4.78, 5) is 25.0. The molecule has 236 valence electrons. The molecule has 0 saturated heterocycles. The second kappa shape index (κ2) is 12.4. The van der Waals surface area contributed by atoms with E-state index in [2.05, 4.69) is 10.6 Å². The minimum absolute atomic E-state index is 0.165. The molecular formula is C36H46N2O6. The Bertz CT molecular complexity index is 1390. The molecular weight excluding hydrogens is 556 g/mol. The lowest BCUT2D eigenvalue weighted by molar-refractivity contribution is -0.117. The van der Waals surface area contributed by atoms with Crippen molar-refractivity contribution in [3.05, 3.63) is 81.3 Å². The summed E-state index contributed by atoms with van der Waals surface area (Å²) in [6.07, 6.45) is 6.72. The van der Waals surface area contributed by atoms with Crippen LogP contribution >= 0.6 is 0 Å². The molecule has 2 spiro atoms. The summed E-state index contributed by atoms with van der Waals surface area (Å²) in [6, 6.07) is 12.0. The molecule has 0 atom stereocenters. The van der Waals surface area contributed by atoms with Gasteiger partial charge in [0.2, 0.25) is 0 Å². The Balaban J connectivity index is 0.000000175. The van der Waals surface area contributed by atoms with Gasteiger partial charge < -0.3 is 30.3 Å². The topological polar surface area (TPSA) is 117 Å². The molecule has 2 saturated carbocycles. The number of ether oxygens (including phenoxy) is 2. The quantitative estimate of drug-likeness (QED) is 0.338. The Kier molecular flexibility index (Phi) is 8.96. The molecule has 4 aliphatic rings. The predicted molar refractivity (Wildman–Crippen MR) is 171 cm³/mol. The number of hydrogen-bond acceptors (Lipinski definition) is 6. The van der Waals surface area contributed by atoms with Crippen LogP contribution < -0.4 is 10.6 Å². The van der Waals surface area contributed by atoms with E-state index in [-0.39, 0.29) is 35.5 Å². The SMILES string of the molecule is COC1CCC2(CC1)NC(=O)C(c1cc(C)ccc1C)=C2O.COC1CCC2(CC1)NC(=O)C(c1cc(C)ccc1C)=C2O. The van der Waals surface area contributed by atoms with Crippen LogP contribution in [0.2, 0.25) is 0 Å². The highest BCUT2D eigenvalue weighted by molar-refractivity contribution is 6.24. The average molecular weight is 603 g/mol. The Morgan fingerprint density at radius 1 is 0.636 bits per heavy atom. The van der Waals surface area contributed by atoms with Crippen molar-refractivity contribution in [3.8, 4) is 0 Å². The highest BCUT2D eigenvalue weighted by Gasteiger charge is 2.49. The smallest absolute Gasteiger partial charge is 0.256 e. The second-order valence-electron chi connectivity index (χ2n) is 13.0. The number of nitrogens with one attached hydrogen (secondary N) is 2. The van der Waals surface area contributed by atoms with Crippen LogP contribution in [0.4, 0.5) is 0 Å². The van der Waals surface area contributed by atoms with Gasteiger partial charge in [0.25, 0.3) is 11.8 Å². The molecule has 0 unspecified atom stereocenters. The lowest BCUT2D eigenvalue weighted by Crippen LogP contribution is -2.48. The Morgan fingerprint density at radius 2 is 0.977 bits per heavy atom. The molecule has 2 heterocycles. The summed E-state index contributed by atoms with van der Waals surface area (Å²) < 4.78 is 10.8. The molecule has 2 aliphatic heterocycles. The molecule has 8 heteroatoms. The fourth-order valence-electron chi connectivity index (χ4n) is 7.25. The number of carbonyl (C=O) groups excluding carboxylic acids is 2. The summed E-state index contributed by atoms with van der Waals surface area (Å²) in [6.45, 7) is 7.92. The largest absolute Gasteiger partial charge is 0.509 e. The third kappa shape index (κ3) is 5.77. The van der Waals surface area contributed by atoms with Crippen LogP contribution in [0.25, 0.3) is 11.1 Å². The van der Waals surface area contributed by atoms with E-state index in [1.807, 2.05) is 64.1 Å². The molecule has 2 aliphatic carbocycles. The van der Waals surface area contributed by atoms with Gasteiger partial charge in [0.05, 0.1) is 34.4 Å². The van der Waals surface area contributed by atoms with E-state index in [9.17, 15) is 19.8 Å². The summed E-state index contributed by atoms with van der Waals surface area (Å²) in [7, 11) is 3.43. The van der Waals surface area contributed by atoms with Crippen LogP contribution in [-0.4, -0.2) is 59.5 Å². The molecule has 4 N–H and O–H groups in total. The van der Waals surface area contributed by atoms with Crippen LogP contribution in [0.1, 0.15) is 84.7 Å². The predicted octanol–water partition coefficient (Wildman–Crippen LogP) is 6.06. The van der Waals surface area contributed by atoms with Gasteiger partial charge in [-0.25, -0.2) is 0 Å². The maximum Gasteiger partial charge on any atom is 0.256 e. The number of aliphatic hydroxyl groups is 2.